The number of anilines is 1. The van der Waals surface area contributed by atoms with Gasteiger partial charge < -0.3 is 5.32 Å². The highest BCUT2D eigenvalue weighted by atomic mass is 79.9. The Bertz CT molecular complexity index is 613. The molecule has 0 aliphatic carbocycles. The van der Waals surface area contributed by atoms with Gasteiger partial charge >= 0.3 is 0 Å². The van der Waals surface area contributed by atoms with Gasteiger partial charge in [0.2, 0.25) is 10.0 Å². The summed E-state index contributed by atoms with van der Waals surface area (Å²) in [4.78, 5) is 12.0. The van der Waals surface area contributed by atoms with Crippen LogP contribution in [0, 0.1) is 0 Å². The Hall–Kier alpha value is -0.930. The van der Waals surface area contributed by atoms with Gasteiger partial charge in [0.25, 0.3) is 5.56 Å². The number of rotatable bonds is 7. The maximum Gasteiger partial charge on any atom is 0.283 e. The van der Waals surface area contributed by atoms with Gasteiger partial charge in [-0.1, -0.05) is 6.92 Å². The molecule has 0 saturated carbocycles. The predicted molar refractivity (Wildman–Crippen MR) is 82.5 cm³/mol. The first-order valence-electron chi connectivity index (χ1n) is 6.27. The molecule has 1 aromatic heterocycles. The summed E-state index contributed by atoms with van der Waals surface area (Å²) in [6.07, 6.45) is 1.51. The molecular weight excluding hydrogens is 348 g/mol. The minimum absolute atomic E-state index is 0.0398. The van der Waals surface area contributed by atoms with E-state index in [0.717, 1.165) is 0 Å². The molecule has 0 aliphatic heterocycles. The van der Waals surface area contributed by atoms with Crippen molar-refractivity contribution in [2.45, 2.75) is 26.8 Å². The molecule has 9 heteroatoms. The Morgan fingerprint density at radius 1 is 1.45 bits per heavy atom. The van der Waals surface area contributed by atoms with Crippen LogP contribution in [-0.2, 0) is 10.0 Å². The lowest BCUT2D eigenvalue weighted by molar-refractivity contribution is 0.501. The van der Waals surface area contributed by atoms with Crippen molar-refractivity contribution < 1.29 is 8.42 Å². The van der Waals surface area contributed by atoms with Gasteiger partial charge in [0, 0.05) is 13.1 Å². The second kappa shape index (κ2) is 7.19. The fourth-order valence-corrected chi connectivity index (χ4v) is 2.93. The number of nitrogens with zero attached hydrogens (tertiary/aromatic N) is 2. The van der Waals surface area contributed by atoms with Crippen molar-refractivity contribution in [1.29, 1.82) is 0 Å². The summed E-state index contributed by atoms with van der Waals surface area (Å²) in [5, 5.41) is 6.93. The van der Waals surface area contributed by atoms with Crippen LogP contribution in [0.3, 0.4) is 0 Å². The smallest absolute Gasteiger partial charge is 0.283 e. The Labute approximate surface area is 126 Å². The number of halogens is 1. The Morgan fingerprint density at radius 2 is 2.10 bits per heavy atom. The van der Waals surface area contributed by atoms with Crippen molar-refractivity contribution in [2.24, 2.45) is 0 Å². The second-order valence-corrected chi connectivity index (χ2v) is 7.18. The molecule has 0 radical (unpaired) electrons. The first-order valence-corrected chi connectivity index (χ1v) is 8.71. The highest BCUT2D eigenvalue weighted by molar-refractivity contribution is 9.10. The number of hydrogen-bond acceptors (Lipinski definition) is 5. The highest BCUT2D eigenvalue weighted by Crippen LogP contribution is 2.16. The second-order valence-electron chi connectivity index (χ2n) is 4.46. The van der Waals surface area contributed by atoms with Crippen LogP contribution in [0.5, 0.6) is 0 Å². The quantitative estimate of drug-likeness (QED) is 0.748. The van der Waals surface area contributed by atoms with Crippen molar-refractivity contribution in [1.82, 2.24) is 14.5 Å². The molecule has 1 aromatic rings. The summed E-state index contributed by atoms with van der Waals surface area (Å²) in [6.45, 7) is 5.99. The van der Waals surface area contributed by atoms with Gasteiger partial charge in [-0.3, -0.25) is 4.79 Å². The number of nitrogens with one attached hydrogen (secondary N) is 2. The van der Waals surface area contributed by atoms with Crippen molar-refractivity contribution in [3.8, 4) is 0 Å². The van der Waals surface area contributed by atoms with Crippen LogP contribution in [0.4, 0.5) is 5.69 Å². The van der Waals surface area contributed by atoms with E-state index in [4.69, 9.17) is 0 Å². The lowest BCUT2D eigenvalue weighted by Gasteiger charge is -2.12. The molecule has 114 valence electrons. The lowest BCUT2D eigenvalue weighted by Crippen LogP contribution is -2.30. The molecule has 0 amide bonds. The van der Waals surface area contributed by atoms with E-state index < -0.39 is 10.0 Å². The summed E-state index contributed by atoms with van der Waals surface area (Å²) >= 11 is 3.21. The third-order valence-corrected chi connectivity index (χ3v) is 4.72. The van der Waals surface area contributed by atoms with E-state index in [1.54, 1.807) is 6.92 Å². The van der Waals surface area contributed by atoms with E-state index in [9.17, 15) is 13.2 Å². The zero-order valence-corrected chi connectivity index (χ0v) is 14.1. The fraction of sp³-hybridized carbons (Fsp3) is 0.636. The van der Waals surface area contributed by atoms with Crippen molar-refractivity contribution in [2.75, 3.05) is 24.2 Å². The summed E-state index contributed by atoms with van der Waals surface area (Å²) in [5.41, 5.74) is 0.234. The number of sulfonamides is 1. The minimum atomic E-state index is -3.28. The maximum atomic E-state index is 12.0. The molecule has 0 unspecified atom stereocenters. The van der Waals surface area contributed by atoms with E-state index >= 15 is 0 Å². The third-order valence-electron chi connectivity index (χ3n) is 2.48. The molecule has 7 nitrogen and oxygen atoms in total. The van der Waals surface area contributed by atoms with Gasteiger partial charge in [-0.2, -0.15) is 5.10 Å². The van der Waals surface area contributed by atoms with Crippen molar-refractivity contribution in [3.63, 3.8) is 0 Å². The molecule has 0 aromatic carbocycles. The Kier molecular flexibility index (Phi) is 6.15. The molecule has 0 saturated heterocycles. The van der Waals surface area contributed by atoms with Crippen LogP contribution in [-0.4, -0.2) is 37.0 Å². The molecule has 20 heavy (non-hydrogen) atoms. The maximum absolute atomic E-state index is 12.0. The fourth-order valence-electron chi connectivity index (χ4n) is 1.55. The molecule has 0 bridgehead atoms. The van der Waals surface area contributed by atoms with E-state index in [1.807, 2.05) is 13.8 Å². The molecule has 2 N–H and O–H groups in total. The van der Waals surface area contributed by atoms with E-state index in [0.29, 0.717) is 16.7 Å². The molecule has 0 fully saturated rings. The van der Waals surface area contributed by atoms with Gasteiger partial charge in [0.05, 0.1) is 23.7 Å². The van der Waals surface area contributed by atoms with Crippen LogP contribution in [0.2, 0.25) is 0 Å². The van der Waals surface area contributed by atoms with Crippen LogP contribution in [0.1, 0.15) is 26.8 Å². The average Bonchev–Trinajstić information content (AvgIpc) is 2.34. The average molecular weight is 367 g/mol. The largest absolute Gasteiger partial charge is 0.382 e. The van der Waals surface area contributed by atoms with Crippen LogP contribution in [0.25, 0.3) is 0 Å². The highest BCUT2D eigenvalue weighted by Gasteiger charge is 2.12. The van der Waals surface area contributed by atoms with Crippen molar-refractivity contribution in [3.05, 3.63) is 21.0 Å². The van der Waals surface area contributed by atoms with Gasteiger partial charge in [-0.25, -0.2) is 17.8 Å². The molecule has 0 spiro atoms. The predicted octanol–water partition coefficient (Wildman–Crippen LogP) is 0.938. The molecule has 0 atom stereocenters. The Morgan fingerprint density at radius 3 is 2.65 bits per heavy atom. The van der Waals surface area contributed by atoms with Gasteiger partial charge in [0.1, 0.15) is 4.47 Å². The Balaban J connectivity index is 2.76. The molecule has 0 aliphatic rings. The normalized spacial score (nSPS) is 11.8. The van der Waals surface area contributed by atoms with Crippen LogP contribution >= 0.6 is 15.9 Å². The monoisotopic (exact) mass is 366 g/mol. The SMILES string of the molecule is CCNS(=O)(=O)CCNc1cnn(C(C)C)c(=O)c1Br. The van der Waals surface area contributed by atoms with Gasteiger partial charge in [-0.05, 0) is 29.8 Å². The summed E-state index contributed by atoms with van der Waals surface area (Å²) < 4.78 is 27.0. The summed E-state index contributed by atoms with van der Waals surface area (Å²) in [7, 11) is -3.28. The zero-order valence-electron chi connectivity index (χ0n) is 11.7. The summed E-state index contributed by atoms with van der Waals surface area (Å²) in [6, 6.07) is -0.0398. The van der Waals surface area contributed by atoms with Crippen LogP contribution in [0.15, 0.2) is 15.5 Å². The van der Waals surface area contributed by atoms with E-state index in [1.165, 1.54) is 10.9 Å². The first kappa shape index (κ1) is 17.1. The van der Waals surface area contributed by atoms with Crippen LogP contribution < -0.4 is 15.6 Å². The van der Waals surface area contributed by atoms with E-state index in [-0.39, 0.29) is 23.9 Å². The number of aromatic nitrogens is 2. The van der Waals surface area contributed by atoms with Gasteiger partial charge in [-0.15, -0.1) is 0 Å². The first-order chi connectivity index (χ1) is 9.28. The molecular formula is C11H19BrN4O3S. The minimum Gasteiger partial charge on any atom is -0.382 e. The third kappa shape index (κ3) is 4.57. The topological polar surface area (TPSA) is 93.1 Å². The van der Waals surface area contributed by atoms with E-state index in [2.05, 4.69) is 31.1 Å². The molecule has 1 heterocycles. The zero-order chi connectivity index (χ0) is 15.3. The lowest BCUT2D eigenvalue weighted by atomic mass is 10.4. The number of hydrogen-bond donors (Lipinski definition) is 2. The van der Waals surface area contributed by atoms with Gasteiger partial charge in [0.15, 0.2) is 0 Å². The summed E-state index contributed by atoms with van der Waals surface area (Å²) in [5.74, 6) is -0.0689. The standard InChI is InChI=1S/C11H19BrN4O3S/c1-4-15-20(18,19)6-5-13-9-7-14-16(8(2)3)11(17)10(9)12/h7-8,13,15H,4-6H2,1-3H3. The van der Waals surface area contributed by atoms with Crippen molar-refractivity contribution >= 4 is 31.6 Å². The molecule has 1 rings (SSSR count).